The number of hydrogen-bond acceptors (Lipinski definition) is 2. The van der Waals surface area contributed by atoms with Crippen molar-refractivity contribution in [3.8, 4) is 17.2 Å². The molecule has 4 heteroatoms. The maximum atomic E-state index is 13.3. The Kier molecular flexibility index (Phi) is 4.63. The molecule has 0 aromatic heterocycles. The number of nitriles is 1. The molecule has 2 aromatic carbocycles. The Bertz CT molecular complexity index is 693. The van der Waals surface area contributed by atoms with Gasteiger partial charge in [0.2, 0.25) is 0 Å². The van der Waals surface area contributed by atoms with Crippen molar-refractivity contribution in [2.45, 2.75) is 4.90 Å². The lowest BCUT2D eigenvalue weighted by Crippen LogP contribution is -1.81. The molecule has 0 spiro atoms. The smallest absolute Gasteiger partial charge is 0.138 e. The fraction of sp³-hybridized carbons (Fsp3) is 0. The molecule has 1 nitrogen and oxygen atoms in total. The lowest BCUT2D eigenvalue weighted by molar-refractivity contribution is 0.621. The summed E-state index contributed by atoms with van der Waals surface area (Å²) in [4.78, 5) is 0.878. The fourth-order valence-corrected chi connectivity index (χ4v) is 2.00. The number of benzene rings is 2. The van der Waals surface area contributed by atoms with Crippen LogP contribution in [-0.2, 0) is 0 Å². The Labute approximate surface area is 123 Å². The molecule has 0 saturated carbocycles. The molecule has 0 aliphatic rings. The van der Waals surface area contributed by atoms with Gasteiger partial charge in [0.1, 0.15) is 11.2 Å². The quantitative estimate of drug-likeness (QED) is 0.434. The maximum Gasteiger partial charge on any atom is 0.138 e. The van der Waals surface area contributed by atoms with Gasteiger partial charge in [-0.3, -0.25) is 0 Å². The minimum Gasteiger partial charge on any atom is -0.206 e. The van der Waals surface area contributed by atoms with E-state index >= 15 is 0 Å². The van der Waals surface area contributed by atoms with Crippen molar-refractivity contribution >= 4 is 27.7 Å². The normalized spacial score (nSPS) is 9.32. The van der Waals surface area contributed by atoms with Gasteiger partial charge in [0.05, 0.1) is 4.47 Å². The average Bonchev–Trinajstić information content (AvgIpc) is 2.42. The van der Waals surface area contributed by atoms with Gasteiger partial charge in [-0.2, -0.15) is 5.26 Å². The molecule has 2 rings (SSSR count). The van der Waals surface area contributed by atoms with Gasteiger partial charge in [-0.15, -0.1) is 0 Å². The Morgan fingerprint density at radius 3 is 2.26 bits per heavy atom. The molecule has 0 unspecified atom stereocenters. The molecule has 92 valence electrons. The molecule has 2 aromatic rings. The highest BCUT2D eigenvalue weighted by Gasteiger charge is 1.98. The van der Waals surface area contributed by atoms with Crippen LogP contribution < -0.4 is 0 Å². The Morgan fingerprint density at radius 1 is 1.00 bits per heavy atom. The van der Waals surface area contributed by atoms with Crippen LogP contribution in [0.15, 0.2) is 51.8 Å². The molecule has 0 fully saturated rings. The van der Waals surface area contributed by atoms with Crippen molar-refractivity contribution < 1.29 is 4.39 Å². The van der Waals surface area contributed by atoms with Crippen LogP contribution in [-0.4, -0.2) is 0 Å². The minimum atomic E-state index is -0.326. The maximum absolute atomic E-state index is 13.3. The minimum absolute atomic E-state index is 0.326. The van der Waals surface area contributed by atoms with E-state index in [1.807, 2.05) is 29.7 Å². The Morgan fingerprint density at radius 2 is 1.63 bits per heavy atom. The second-order valence-corrected chi connectivity index (χ2v) is 5.31. The van der Waals surface area contributed by atoms with Crippen LogP contribution >= 0.6 is 27.7 Å². The number of halogens is 2. The molecule has 0 N–H and O–H groups in total. The number of rotatable bonds is 1. The van der Waals surface area contributed by atoms with E-state index in [9.17, 15) is 4.39 Å². The van der Waals surface area contributed by atoms with E-state index in [1.165, 1.54) is 6.07 Å². The lowest BCUT2D eigenvalue weighted by Gasteiger charge is -1.95. The van der Waals surface area contributed by atoms with Gasteiger partial charge in [0.25, 0.3) is 0 Å². The molecular formula is C15H7BrFNS. The molecule has 0 atom stereocenters. The first kappa shape index (κ1) is 13.7. The van der Waals surface area contributed by atoms with Crippen molar-refractivity contribution in [3.05, 3.63) is 63.9 Å². The van der Waals surface area contributed by atoms with Crippen molar-refractivity contribution in [1.29, 1.82) is 5.26 Å². The second-order valence-electron chi connectivity index (χ2n) is 3.60. The van der Waals surface area contributed by atoms with Gasteiger partial charge in [-0.25, -0.2) is 4.39 Å². The van der Waals surface area contributed by atoms with Crippen molar-refractivity contribution in [1.82, 2.24) is 0 Å². The second kappa shape index (κ2) is 6.43. The van der Waals surface area contributed by atoms with Crippen molar-refractivity contribution in [2.24, 2.45) is 0 Å². The van der Waals surface area contributed by atoms with Crippen LogP contribution in [0.3, 0.4) is 0 Å². The third-order valence-electron chi connectivity index (χ3n) is 2.29. The number of thioether (sulfide) groups is 1. The fourth-order valence-electron chi connectivity index (χ4n) is 1.38. The summed E-state index contributed by atoms with van der Waals surface area (Å²) in [6.07, 6.45) is 0. The van der Waals surface area contributed by atoms with Gasteiger partial charge in [0, 0.05) is 16.0 Å². The van der Waals surface area contributed by atoms with Crippen LogP contribution in [0.4, 0.5) is 4.39 Å². The van der Waals surface area contributed by atoms with E-state index in [4.69, 9.17) is 5.26 Å². The topological polar surface area (TPSA) is 23.8 Å². The first-order chi connectivity index (χ1) is 9.19. The summed E-state index contributed by atoms with van der Waals surface area (Å²) in [5.74, 6) is 5.52. The summed E-state index contributed by atoms with van der Waals surface area (Å²) in [7, 11) is 0. The highest BCUT2D eigenvalue weighted by molar-refractivity contribution is 9.10. The number of nitrogens with zero attached hydrogens (tertiary/aromatic N) is 1. The van der Waals surface area contributed by atoms with E-state index in [0.717, 1.165) is 22.2 Å². The van der Waals surface area contributed by atoms with E-state index in [0.29, 0.717) is 10.0 Å². The number of thiocyanates is 1. The molecule has 0 radical (unpaired) electrons. The SMILES string of the molecule is N#CSc1ccc(C#Cc2ccc(Br)c(F)c2)cc1. The van der Waals surface area contributed by atoms with Crippen LogP contribution in [0.5, 0.6) is 0 Å². The van der Waals surface area contributed by atoms with Gasteiger partial charge < -0.3 is 0 Å². The first-order valence-electron chi connectivity index (χ1n) is 5.32. The molecular weight excluding hydrogens is 325 g/mol. The lowest BCUT2D eigenvalue weighted by atomic mass is 10.2. The Balaban J connectivity index is 2.19. The molecule has 0 bridgehead atoms. The van der Waals surface area contributed by atoms with Crippen LogP contribution in [0.25, 0.3) is 0 Å². The Hall–Kier alpha value is -1.75. The standard InChI is InChI=1S/C15H7BrFNS/c16-14-8-5-12(9-15(14)17)2-1-11-3-6-13(7-4-11)19-10-18/h3-9H. The molecule has 0 saturated heterocycles. The molecule has 19 heavy (non-hydrogen) atoms. The highest BCUT2D eigenvalue weighted by Crippen LogP contribution is 2.17. The highest BCUT2D eigenvalue weighted by atomic mass is 79.9. The summed E-state index contributed by atoms with van der Waals surface area (Å²) in [6, 6.07) is 12.1. The van der Waals surface area contributed by atoms with Crippen molar-refractivity contribution in [3.63, 3.8) is 0 Å². The molecule has 0 heterocycles. The zero-order valence-electron chi connectivity index (χ0n) is 9.65. The largest absolute Gasteiger partial charge is 0.206 e. The van der Waals surface area contributed by atoms with E-state index < -0.39 is 0 Å². The van der Waals surface area contributed by atoms with Gasteiger partial charge in [-0.1, -0.05) is 11.8 Å². The van der Waals surface area contributed by atoms with Gasteiger partial charge in [0.15, 0.2) is 0 Å². The molecule has 0 aliphatic heterocycles. The summed E-state index contributed by atoms with van der Waals surface area (Å²) in [5, 5.41) is 10.5. The third-order valence-corrected chi connectivity index (χ3v) is 3.53. The molecule has 0 aliphatic carbocycles. The van der Waals surface area contributed by atoms with E-state index in [1.54, 1.807) is 12.1 Å². The zero-order valence-corrected chi connectivity index (χ0v) is 12.1. The van der Waals surface area contributed by atoms with Crippen LogP contribution in [0.1, 0.15) is 11.1 Å². The van der Waals surface area contributed by atoms with Crippen LogP contribution in [0.2, 0.25) is 0 Å². The number of hydrogen-bond donors (Lipinski definition) is 0. The summed E-state index contributed by atoms with van der Waals surface area (Å²) in [5.41, 5.74) is 1.45. The predicted octanol–water partition coefficient (Wildman–Crippen LogP) is 4.56. The monoisotopic (exact) mass is 331 g/mol. The van der Waals surface area contributed by atoms with E-state index in [2.05, 4.69) is 27.8 Å². The van der Waals surface area contributed by atoms with Crippen molar-refractivity contribution in [2.75, 3.05) is 0 Å². The van der Waals surface area contributed by atoms with E-state index in [-0.39, 0.29) is 5.82 Å². The first-order valence-corrected chi connectivity index (χ1v) is 6.93. The third kappa shape index (κ3) is 3.86. The average molecular weight is 332 g/mol. The van der Waals surface area contributed by atoms with Gasteiger partial charge in [-0.05, 0) is 70.2 Å². The summed E-state index contributed by atoms with van der Waals surface area (Å²) >= 11 is 4.20. The zero-order chi connectivity index (χ0) is 13.7. The summed E-state index contributed by atoms with van der Waals surface area (Å²) < 4.78 is 13.7. The predicted molar refractivity (Wildman–Crippen MR) is 78.0 cm³/mol. The van der Waals surface area contributed by atoms with Gasteiger partial charge >= 0.3 is 0 Å². The van der Waals surface area contributed by atoms with Crippen LogP contribution in [0, 0.1) is 28.3 Å². The summed E-state index contributed by atoms with van der Waals surface area (Å²) in [6.45, 7) is 0. The molecule has 0 amide bonds.